The fraction of sp³-hybridized carbons (Fsp3) is 0.571. The van der Waals surface area contributed by atoms with Crippen LogP contribution in [0.3, 0.4) is 0 Å². The molecule has 0 bridgehead atoms. The molecule has 1 aliphatic rings. The molecule has 2 rings (SSSR count). The van der Waals surface area contributed by atoms with Gasteiger partial charge in [0.15, 0.2) is 0 Å². The van der Waals surface area contributed by atoms with Crippen molar-refractivity contribution in [3.63, 3.8) is 0 Å². The highest BCUT2D eigenvalue weighted by molar-refractivity contribution is 7.97. The van der Waals surface area contributed by atoms with Crippen molar-refractivity contribution in [1.82, 2.24) is 9.78 Å². The van der Waals surface area contributed by atoms with Crippen molar-refractivity contribution >= 4 is 11.9 Å². The van der Waals surface area contributed by atoms with Crippen LogP contribution in [0.25, 0.3) is 0 Å². The van der Waals surface area contributed by atoms with Crippen LogP contribution in [-0.2, 0) is 0 Å². The molecule has 1 unspecified atom stereocenters. The van der Waals surface area contributed by atoms with Gasteiger partial charge in [0, 0.05) is 6.42 Å². The average Bonchev–Trinajstić information content (AvgIpc) is 2.49. The normalized spacial score (nSPS) is 21.7. The van der Waals surface area contributed by atoms with Crippen molar-refractivity contribution < 1.29 is 4.74 Å². The van der Waals surface area contributed by atoms with Crippen LogP contribution in [0, 0.1) is 0 Å². The Morgan fingerprint density at radius 1 is 1.83 bits per heavy atom. The Morgan fingerprint density at radius 2 is 2.67 bits per heavy atom. The van der Waals surface area contributed by atoms with Crippen molar-refractivity contribution in [2.45, 2.75) is 24.3 Å². The molecule has 0 amide bonds. The van der Waals surface area contributed by atoms with Gasteiger partial charge in [-0.1, -0.05) is 0 Å². The predicted molar refractivity (Wildman–Crippen MR) is 47.1 cm³/mol. The van der Waals surface area contributed by atoms with Gasteiger partial charge < -0.3 is 4.74 Å². The van der Waals surface area contributed by atoms with Crippen LogP contribution in [0.4, 0.5) is 0 Å². The molecule has 66 valence electrons. The molecule has 1 aromatic heterocycles. The maximum atomic E-state index is 5.46. The maximum absolute atomic E-state index is 5.46. The molecular formula is C7H11N3OS. The van der Waals surface area contributed by atoms with Gasteiger partial charge in [0.2, 0.25) is 5.88 Å². The van der Waals surface area contributed by atoms with Crippen LogP contribution in [0.15, 0.2) is 11.1 Å². The molecule has 0 fully saturated rings. The summed E-state index contributed by atoms with van der Waals surface area (Å²) >= 11 is 1.18. The second kappa shape index (κ2) is 2.99. The summed E-state index contributed by atoms with van der Waals surface area (Å²) in [4.78, 5) is 0.918. The van der Waals surface area contributed by atoms with E-state index in [1.54, 1.807) is 6.20 Å². The Morgan fingerprint density at radius 3 is 3.42 bits per heavy atom. The van der Waals surface area contributed by atoms with Crippen molar-refractivity contribution in [3.05, 3.63) is 6.20 Å². The van der Waals surface area contributed by atoms with E-state index in [1.165, 1.54) is 11.9 Å². The Balaban J connectivity index is 2.41. The van der Waals surface area contributed by atoms with Crippen molar-refractivity contribution in [2.24, 2.45) is 5.14 Å². The van der Waals surface area contributed by atoms with Gasteiger partial charge in [0.05, 0.1) is 18.8 Å². The van der Waals surface area contributed by atoms with E-state index in [0.29, 0.717) is 6.04 Å². The molecule has 0 aliphatic carbocycles. The first kappa shape index (κ1) is 7.94. The number of rotatable bonds is 1. The van der Waals surface area contributed by atoms with Crippen LogP contribution in [0.1, 0.15) is 19.4 Å². The molecule has 2 N–H and O–H groups in total. The maximum Gasteiger partial charge on any atom is 0.227 e. The number of nitrogens with two attached hydrogens (primary N) is 1. The fourth-order valence-electron chi connectivity index (χ4n) is 1.32. The number of aromatic nitrogens is 2. The molecule has 0 spiro atoms. The number of ether oxygens (including phenoxy) is 1. The van der Waals surface area contributed by atoms with Gasteiger partial charge in [-0.05, 0) is 18.9 Å². The van der Waals surface area contributed by atoms with Crippen LogP contribution in [-0.4, -0.2) is 16.4 Å². The highest BCUT2D eigenvalue weighted by Gasteiger charge is 2.20. The van der Waals surface area contributed by atoms with Crippen LogP contribution in [0.5, 0.6) is 5.88 Å². The van der Waals surface area contributed by atoms with Gasteiger partial charge >= 0.3 is 0 Å². The second-order valence-corrected chi connectivity index (χ2v) is 3.54. The zero-order valence-corrected chi connectivity index (χ0v) is 7.67. The Bertz CT molecular complexity index is 286. The van der Waals surface area contributed by atoms with Crippen LogP contribution < -0.4 is 9.88 Å². The lowest BCUT2D eigenvalue weighted by molar-refractivity contribution is 0.196. The molecule has 1 atom stereocenters. The molecule has 0 saturated carbocycles. The van der Waals surface area contributed by atoms with Gasteiger partial charge in [-0.2, -0.15) is 5.10 Å². The first-order chi connectivity index (χ1) is 5.83. The lowest BCUT2D eigenvalue weighted by atomic mass is 10.2. The topological polar surface area (TPSA) is 53.1 Å². The lowest BCUT2D eigenvalue weighted by Gasteiger charge is -2.21. The van der Waals surface area contributed by atoms with Crippen molar-refractivity contribution in [2.75, 3.05) is 6.61 Å². The van der Waals surface area contributed by atoms with Gasteiger partial charge in [-0.3, -0.25) is 5.14 Å². The number of nitrogens with zero attached hydrogens (tertiary/aromatic N) is 2. The summed E-state index contributed by atoms with van der Waals surface area (Å²) in [5, 5.41) is 9.65. The van der Waals surface area contributed by atoms with E-state index < -0.39 is 0 Å². The summed E-state index contributed by atoms with van der Waals surface area (Å²) in [7, 11) is 0. The zero-order valence-electron chi connectivity index (χ0n) is 6.86. The summed E-state index contributed by atoms with van der Waals surface area (Å²) in [5.74, 6) is 0.821. The highest BCUT2D eigenvalue weighted by Crippen LogP contribution is 2.32. The molecule has 2 heterocycles. The van der Waals surface area contributed by atoms with Gasteiger partial charge in [-0.15, -0.1) is 0 Å². The van der Waals surface area contributed by atoms with Gasteiger partial charge in [-0.25, -0.2) is 4.68 Å². The van der Waals surface area contributed by atoms with E-state index in [4.69, 9.17) is 9.88 Å². The van der Waals surface area contributed by atoms with Crippen LogP contribution in [0.2, 0.25) is 0 Å². The summed E-state index contributed by atoms with van der Waals surface area (Å²) in [6, 6.07) is 0.426. The molecular weight excluding hydrogens is 174 g/mol. The van der Waals surface area contributed by atoms with Crippen LogP contribution >= 0.6 is 11.9 Å². The Hall–Kier alpha value is -0.680. The molecule has 0 radical (unpaired) electrons. The molecule has 0 aromatic carbocycles. The molecule has 0 saturated heterocycles. The Kier molecular flexibility index (Phi) is 1.98. The second-order valence-electron chi connectivity index (χ2n) is 2.86. The minimum absolute atomic E-state index is 0.426. The molecule has 1 aliphatic heterocycles. The monoisotopic (exact) mass is 185 g/mol. The lowest BCUT2D eigenvalue weighted by Crippen LogP contribution is -2.19. The number of fused-ring (bicyclic) bond motifs is 1. The number of hydrogen-bond donors (Lipinski definition) is 1. The van der Waals surface area contributed by atoms with E-state index in [0.717, 1.165) is 23.8 Å². The summed E-state index contributed by atoms with van der Waals surface area (Å²) < 4.78 is 7.34. The highest BCUT2D eigenvalue weighted by atomic mass is 32.2. The van der Waals surface area contributed by atoms with Gasteiger partial charge in [0.1, 0.15) is 4.90 Å². The third-order valence-electron chi connectivity index (χ3n) is 2.04. The van der Waals surface area contributed by atoms with E-state index in [-0.39, 0.29) is 0 Å². The quantitative estimate of drug-likeness (QED) is 0.668. The third-order valence-corrected chi connectivity index (χ3v) is 2.57. The minimum atomic E-state index is 0.426. The van der Waals surface area contributed by atoms with E-state index in [1.807, 2.05) is 4.68 Å². The predicted octanol–water partition coefficient (Wildman–Crippen LogP) is 1.19. The first-order valence-corrected chi connectivity index (χ1v) is 4.78. The van der Waals surface area contributed by atoms with E-state index >= 15 is 0 Å². The average molecular weight is 185 g/mol. The third kappa shape index (κ3) is 1.09. The largest absolute Gasteiger partial charge is 0.477 e. The first-order valence-electron chi connectivity index (χ1n) is 3.90. The van der Waals surface area contributed by atoms with Gasteiger partial charge in [0.25, 0.3) is 0 Å². The number of hydrogen-bond acceptors (Lipinski definition) is 4. The minimum Gasteiger partial charge on any atom is -0.477 e. The Labute approximate surface area is 75.2 Å². The molecule has 4 nitrogen and oxygen atoms in total. The molecule has 12 heavy (non-hydrogen) atoms. The zero-order chi connectivity index (χ0) is 8.55. The van der Waals surface area contributed by atoms with E-state index in [9.17, 15) is 0 Å². The smallest absolute Gasteiger partial charge is 0.227 e. The summed E-state index contributed by atoms with van der Waals surface area (Å²) in [6.07, 6.45) is 2.77. The molecule has 5 heteroatoms. The van der Waals surface area contributed by atoms with Crippen molar-refractivity contribution in [1.29, 1.82) is 0 Å². The molecule has 1 aromatic rings. The van der Waals surface area contributed by atoms with Crippen molar-refractivity contribution in [3.8, 4) is 5.88 Å². The summed E-state index contributed by atoms with van der Waals surface area (Å²) in [6.45, 7) is 2.89. The summed E-state index contributed by atoms with van der Waals surface area (Å²) in [5.41, 5.74) is 0. The standard InChI is InChI=1S/C7H11N3OS/c1-5-2-3-11-7-6(12-8)4-9-10(5)7/h4-5H,2-3,8H2,1H3. The fourth-order valence-corrected chi connectivity index (χ4v) is 1.68. The van der Waals surface area contributed by atoms with E-state index in [2.05, 4.69) is 12.0 Å². The SMILES string of the molecule is CC1CCOc2c(SN)cnn21.